The van der Waals surface area contributed by atoms with Crippen LogP contribution in [0.2, 0.25) is 0 Å². The Morgan fingerprint density at radius 3 is 1.00 bits per heavy atom. The molecule has 21 valence electrons. The maximum atomic E-state index is 0. The summed E-state index contributed by atoms with van der Waals surface area (Å²) in [5.74, 6) is 0. The van der Waals surface area contributed by atoms with Crippen molar-refractivity contribution in [1.82, 2.24) is 0 Å². The minimum absolute atomic E-state index is 0. The Morgan fingerprint density at radius 2 is 1.00 bits per heavy atom. The first-order chi connectivity index (χ1) is 0. The Kier molecular flexibility index (Phi) is 351. The maximum Gasteiger partial charge on any atom is 0 e. The van der Waals surface area contributed by atoms with Gasteiger partial charge >= 0.3 is 0 Å². The molecule has 4 heavy (non-hydrogen) atoms. The fourth-order valence-corrected chi connectivity index (χ4v) is 0. The van der Waals surface area contributed by atoms with Crippen molar-refractivity contribution in [3.05, 3.63) is 0 Å². The van der Waals surface area contributed by atoms with Crippen molar-refractivity contribution in [1.29, 1.82) is 0 Å². The Labute approximate surface area is 56.1 Å². The van der Waals surface area contributed by atoms with E-state index in [0.29, 0.717) is 0 Å². The molecule has 0 heterocycles. The van der Waals surface area contributed by atoms with Gasteiger partial charge in [0.2, 0.25) is 0 Å². The number of halogens is 1. The van der Waals surface area contributed by atoms with Crippen LogP contribution in [0.1, 0.15) is 0 Å². The summed E-state index contributed by atoms with van der Waals surface area (Å²) < 4.78 is 0. The molecule has 0 atom stereocenters. The molecule has 4 heteroatoms. The van der Waals surface area contributed by atoms with Crippen molar-refractivity contribution in [2.45, 2.75) is 0 Å². The summed E-state index contributed by atoms with van der Waals surface area (Å²) in [5, 5.41) is 0. The van der Waals surface area contributed by atoms with Gasteiger partial charge in [0.25, 0.3) is 0 Å². The second-order valence-electron chi connectivity index (χ2n) is 0. The average molecular weight is 287 g/mol. The van der Waals surface area contributed by atoms with E-state index in [0.717, 1.165) is 0 Å². The molecule has 0 spiro atoms. The van der Waals surface area contributed by atoms with Crippen molar-refractivity contribution in [2.24, 2.45) is 0 Å². The SMILES string of the molecule is [Cl].[O].[Pb].[Si]. The first kappa shape index (κ1) is 53.8. The molecular weight excluding hydrogens is 287 g/mol. The Hall–Kier alpha value is 1.39. The van der Waals surface area contributed by atoms with Gasteiger partial charge in [0.15, 0.2) is 0 Å². The summed E-state index contributed by atoms with van der Waals surface area (Å²) in [6, 6.07) is 0. The molecule has 11 radical (unpaired) electrons. The van der Waals surface area contributed by atoms with E-state index in [-0.39, 0.29) is 56.1 Å². The largest absolute Gasteiger partial charge is 0 e. The van der Waals surface area contributed by atoms with E-state index in [1.54, 1.807) is 0 Å². The van der Waals surface area contributed by atoms with E-state index in [1.807, 2.05) is 0 Å². The van der Waals surface area contributed by atoms with Crippen LogP contribution in [0.25, 0.3) is 0 Å². The van der Waals surface area contributed by atoms with Gasteiger partial charge in [0.05, 0.1) is 0 Å². The molecule has 0 bridgehead atoms. The van der Waals surface area contributed by atoms with Gasteiger partial charge in [-0.05, 0) is 0 Å². The monoisotopic (exact) mass is 287 g/mol. The number of rotatable bonds is 0. The van der Waals surface area contributed by atoms with Crippen LogP contribution in [0, 0.1) is 0 Å². The smallest absolute Gasteiger partial charge is 0 e. The van der Waals surface area contributed by atoms with Crippen LogP contribution >= 0.6 is 12.4 Å². The zero-order valence-electron chi connectivity index (χ0n) is 1.79. The third-order valence-electron chi connectivity index (χ3n) is 0. The molecular formula is ClOPbSi. The summed E-state index contributed by atoms with van der Waals surface area (Å²) in [6.45, 7) is 0. The van der Waals surface area contributed by atoms with Crippen molar-refractivity contribution in [3.8, 4) is 0 Å². The van der Waals surface area contributed by atoms with Crippen LogP contribution in [0.5, 0.6) is 0 Å². The Bertz CT molecular complexity index is 8.00. The Balaban J connectivity index is 0. The molecule has 0 rings (SSSR count). The molecule has 0 aliphatic heterocycles. The van der Waals surface area contributed by atoms with Crippen LogP contribution in [0.3, 0.4) is 0 Å². The molecule has 0 unspecified atom stereocenters. The van der Waals surface area contributed by atoms with Gasteiger partial charge in [-0.2, -0.15) is 0 Å². The van der Waals surface area contributed by atoms with E-state index in [4.69, 9.17) is 0 Å². The molecule has 0 amide bonds. The normalized spacial score (nSPS) is 0. The molecule has 0 aliphatic rings. The van der Waals surface area contributed by atoms with Crippen LogP contribution in [0.4, 0.5) is 0 Å². The fourth-order valence-electron chi connectivity index (χ4n) is 0. The third-order valence-corrected chi connectivity index (χ3v) is 0. The number of hydrogen-bond acceptors (Lipinski definition) is 0. The van der Waals surface area contributed by atoms with Crippen LogP contribution in [-0.4, -0.2) is 38.3 Å². The predicted molar refractivity (Wildman–Crippen MR) is 18.0 cm³/mol. The predicted octanol–water partition coefficient (Wildman–Crippen LogP) is -0.191. The van der Waals surface area contributed by atoms with Gasteiger partial charge in [-0.15, -0.1) is 0 Å². The van der Waals surface area contributed by atoms with Crippen molar-refractivity contribution in [3.63, 3.8) is 0 Å². The molecule has 0 aromatic carbocycles. The summed E-state index contributed by atoms with van der Waals surface area (Å²) in [6.07, 6.45) is 0. The quantitative estimate of drug-likeness (QED) is 0.553. The molecule has 0 saturated carbocycles. The first-order valence-electron chi connectivity index (χ1n) is 0. The van der Waals surface area contributed by atoms with E-state index >= 15 is 0 Å². The molecule has 0 aliphatic carbocycles. The van der Waals surface area contributed by atoms with Crippen LogP contribution in [-0.2, 0) is 5.48 Å². The minimum atomic E-state index is 0. The topological polar surface area (TPSA) is 28.5 Å². The summed E-state index contributed by atoms with van der Waals surface area (Å²) >= 11 is 0. The van der Waals surface area contributed by atoms with Crippen molar-refractivity contribution in [2.75, 3.05) is 0 Å². The first-order valence-corrected chi connectivity index (χ1v) is 0. The molecule has 0 aromatic heterocycles. The van der Waals surface area contributed by atoms with Gasteiger partial charge < -0.3 is 0 Å². The average Bonchev–Trinajstić information content (AvgIpc) is 0. The Morgan fingerprint density at radius 1 is 1.00 bits per heavy atom. The summed E-state index contributed by atoms with van der Waals surface area (Å²) in [5.41, 5.74) is 0. The van der Waals surface area contributed by atoms with Crippen LogP contribution in [0.15, 0.2) is 0 Å². The minimum Gasteiger partial charge on any atom is 0 e. The van der Waals surface area contributed by atoms with Crippen molar-refractivity contribution >= 4 is 50.7 Å². The van der Waals surface area contributed by atoms with E-state index in [9.17, 15) is 0 Å². The molecule has 0 aromatic rings. The number of hydrogen-bond donors (Lipinski definition) is 0. The van der Waals surface area contributed by atoms with Gasteiger partial charge in [0.1, 0.15) is 0 Å². The summed E-state index contributed by atoms with van der Waals surface area (Å²) in [4.78, 5) is 0. The van der Waals surface area contributed by atoms with E-state index < -0.39 is 0 Å². The van der Waals surface area contributed by atoms with E-state index in [2.05, 4.69) is 0 Å². The van der Waals surface area contributed by atoms with Gasteiger partial charge in [-0.3, -0.25) is 0 Å². The van der Waals surface area contributed by atoms with Gasteiger partial charge in [-0.1, -0.05) is 0 Å². The fraction of sp³-hybridized carbons (Fsp3) is 0. The van der Waals surface area contributed by atoms with Crippen LogP contribution < -0.4 is 0 Å². The third kappa shape index (κ3) is 10.0. The zero-order chi connectivity index (χ0) is 0. The molecule has 0 fully saturated rings. The standard InChI is InChI=1S/Cl.O.Pb.Si. The second-order valence-corrected chi connectivity index (χ2v) is 0. The summed E-state index contributed by atoms with van der Waals surface area (Å²) in [7, 11) is 0. The van der Waals surface area contributed by atoms with Gasteiger partial charge in [0, 0.05) is 56.1 Å². The maximum absolute atomic E-state index is 0. The molecule has 0 saturated heterocycles. The zero-order valence-corrected chi connectivity index (χ0v) is 7.43. The van der Waals surface area contributed by atoms with Gasteiger partial charge in [-0.25, -0.2) is 0 Å². The van der Waals surface area contributed by atoms with Crippen molar-refractivity contribution < 1.29 is 5.48 Å². The second kappa shape index (κ2) is 26.1. The molecule has 0 N–H and O–H groups in total. The molecule has 1 nitrogen and oxygen atoms in total. The van der Waals surface area contributed by atoms with E-state index in [1.165, 1.54) is 0 Å².